The van der Waals surface area contributed by atoms with E-state index in [1.807, 2.05) is 6.07 Å². The topological polar surface area (TPSA) is 24.8 Å². The van der Waals surface area contributed by atoms with Gasteiger partial charge in [0.05, 0.1) is 0 Å². The van der Waals surface area contributed by atoms with E-state index in [1.54, 1.807) is 7.11 Å². The van der Waals surface area contributed by atoms with Gasteiger partial charge >= 0.3 is 109 Å². The third kappa shape index (κ3) is 2.48. The van der Waals surface area contributed by atoms with Crippen molar-refractivity contribution in [1.29, 1.82) is 0 Å². The standard InChI is InChI=1S/C13H18N2OSe/c1-4-15(5-2)13-14-9-10-11(16-3)7-6-8-12(10)17-13/h6-8H,4-5,9H2,1-3H3. The molecule has 0 N–H and O–H groups in total. The van der Waals surface area contributed by atoms with Crippen LogP contribution in [0.5, 0.6) is 5.75 Å². The average Bonchev–Trinajstić information content (AvgIpc) is 2.39. The number of benzene rings is 1. The molecule has 1 aromatic carbocycles. The van der Waals surface area contributed by atoms with Crippen LogP contribution in [-0.2, 0) is 6.54 Å². The van der Waals surface area contributed by atoms with E-state index in [2.05, 4.69) is 30.9 Å². The number of amidine groups is 1. The molecule has 0 aliphatic carbocycles. The molecular formula is C13H18N2OSe. The van der Waals surface area contributed by atoms with E-state index in [1.165, 1.54) is 14.8 Å². The predicted octanol–water partition coefficient (Wildman–Crippen LogP) is 1.24. The molecule has 1 aliphatic rings. The Kier molecular flexibility index (Phi) is 4.08. The van der Waals surface area contributed by atoms with Crippen LogP contribution in [-0.4, -0.2) is 44.8 Å². The second-order valence-corrected chi connectivity index (χ2v) is 5.93. The van der Waals surface area contributed by atoms with E-state index in [-0.39, 0.29) is 0 Å². The minimum atomic E-state index is 0.314. The maximum absolute atomic E-state index is 5.39. The van der Waals surface area contributed by atoms with Crippen molar-refractivity contribution in [1.82, 2.24) is 4.90 Å². The van der Waals surface area contributed by atoms with Crippen molar-refractivity contribution in [3.8, 4) is 5.75 Å². The van der Waals surface area contributed by atoms with Crippen LogP contribution in [0.2, 0.25) is 0 Å². The molecule has 0 amide bonds. The fraction of sp³-hybridized carbons (Fsp3) is 0.462. The van der Waals surface area contributed by atoms with Crippen molar-refractivity contribution in [2.45, 2.75) is 20.4 Å². The van der Waals surface area contributed by atoms with E-state index in [9.17, 15) is 0 Å². The molecule has 0 saturated heterocycles. The molecule has 0 saturated carbocycles. The Morgan fingerprint density at radius 3 is 2.76 bits per heavy atom. The molecule has 1 aromatic rings. The molecule has 92 valence electrons. The number of nitrogens with zero attached hydrogens (tertiary/aromatic N) is 2. The third-order valence-corrected chi connectivity index (χ3v) is 5.38. The Morgan fingerprint density at radius 2 is 2.12 bits per heavy atom. The van der Waals surface area contributed by atoms with Gasteiger partial charge in [-0.1, -0.05) is 0 Å². The van der Waals surface area contributed by atoms with Crippen LogP contribution in [0, 0.1) is 0 Å². The number of hydrogen-bond acceptors (Lipinski definition) is 3. The Labute approximate surface area is 109 Å². The summed E-state index contributed by atoms with van der Waals surface area (Å²) in [5.41, 5.74) is 1.27. The van der Waals surface area contributed by atoms with Gasteiger partial charge in [0.15, 0.2) is 0 Å². The summed E-state index contributed by atoms with van der Waals surface area (Å²) in [6.07, 6.45) is 0. The van der Waals surface area contributed by atoms with Gasteiger partial charge in [-0.15, -0.1) is 0 Å². The van der Waals surface area contributed by atoms with Crippen molar-refractivity contribution in [2.24, 2.45) is 4.99 Å². The van der Waals surface area contributed by atoms with E-state index in [0.717, 1.165) is 25.4 Å². The van der Waals surface area contributed by atoms with Crippen molar-refractivity contribution >= 4 is 24.2 Å². The van der Waals surface area contributed by atoms with Gasteiger partial charge in [-0.3, -0.25) is 0 Å². The SMILES string of the molecule is CCN(CC)C1=NCc2c(OC)cccc2[Se]1. The van der Waals surface area contributed by atoms with E-state index >= 15 is 0 Å². The Morgan fingerprint density at radius 1 is 1.35 bits per heavy atom. The van der Waals surface area contributed by atoms with Crippen LogP contribution in [0.15, 0.2) is 23.2 Å². The Hall–Kier alpha value is -0.991. The average molecular weight is 297 g/mol. The van der Waals surface area contributed by atoms with Gasteiger partial charge in [-0.25, -0.2) is 0 Å². The monoisotopic (exact) mass is 298 g/mol. The number of rotatable bonds is 3. The van der Waals surface area contributed by atoms with Crippen LogP contribution in [0.25, 0.3) is 0 Å². The van der Waals surface area contributed by atoms with Crippen LogP contribution in [0.4, 0.5) is 0 Å². The quantitative estimate of drug-likeness (QED) is 0.784. The second kappa shape index (κ2) is 5.56. The summed E-state index contributed by atoms with van der Waals surface area (Å²) >= 11 is 0.314. The Balaban J connectivity index is 2.25. The first-order chi connectivity index (χ1) is 8.30. The normalized spacial score (nSPS) is 13.9. The molecule has 1 aliphatic heterocycles. The molecule has 0 radical (unpaired) electrons. The van der Waals surface area contributed by atoms with Gasteiger partial charge in [0.25, 0.3) is 0 Å². The van der Waals surface area contributed by atoms with Gasteiger partial charge < -0.3 is 0 Å². The van der Waals surface area contributed by atoms with Gasteiger partial charge in [-0.2, -0.15) is 0 Å². The minimum absolute atomic E-state index is 0.314. The third-order valence-electron chi connectivity index (χ3n) is 2.92. The number of aliphatic imine (C=N–C) groups is 1. The zero-order chi connectivity index (χ0) is 12.3. The molecular weight excluding hydrogens is 279 g/mol. The molecule has 4 heteroatoms. The molecule has 0 unspecified atom stereocenters. The molecule has 0 aromatic heterocycles. The van der Waals surface area contributed by atoms with Gasteiger partial charge in [0.2, 0.25) is 0 Å². The van der Waals surface area contributed by atoms with Crippen molar-refractivity contribution in [3.63, 3.8) is 0 Å². The number of hydrogen-bond donors (Lipinski definition) is 0. The van der Waals surface area contributed by atoms with Crippen LogP contribution in [0.1, 0.15) is 19.4 Å². The number of methoxy groups -OCH3 is 1. The predicted molar refractivity (Wildman–Crippen MR) is 72.4 cm³/mol. The molecule has 2 rings (SSSR count). The van der Waals surface area contributed by atoms with Gasteiger partial charge in [0.1, 0.15) is 0 Å². The van der Waals surface area contributed by atoms with E-state index in [4.69, 9.17) is 9.73 Å². The molecule has 0 atom stereocenters. The molecule has 0 spiro atoms. The summed E-state index contributed by atoms with van der Waals surface area (Å²) in [5.74, 6) is 0.978. The summed E-state index contributed by atoms with van der Waals surface area (Å²) in [6.45, 7) is 7.20. The zero-order valence-electron chi connectivity index (χ0n) is 10.6. The van der Waals surface area contributed by atoms with Gasteiger partial charge in [-0.05, 0) is 0 Å². The maximum atomic E-state index is 5.39. The van der Waals surface area contributed by atoms with Crippen LogP contribution < -0.4 is 9.20 Å². The molecule has 0 bridgehead atoms. The fourth-order valence-corrected chi connectivity index (χ4v) is 4.33. The van der Waals surface area contributed by atoms with Crippen LogP contribution in [0.3, 0.4) is 0 Å². The molecule has 17 heavy (non-hydrogen) atoms. The van der Waals surface area contributed by atoms with Crippen molar-refractivity contribution < 1.29 is 4.74 Å². The summed E-state index contributed by atoms with van der Waals surface area (Å²) in [5, 5.41) is 0. The van der Waals surface area contributed by atoms with E-state index < -0.39 is 0 Å². The summed E-state index contributed by atoms with van der Waals surface area (Å²) in [4.78, 5) is 7.06. The number of ether oxygens (including phenoxy) is 1. The summed E-state index contributed by atoms with van der Waals surface area (Å²) < 4.78 is 8.07. The summed E-state index contributed by atoms with van der Waals surface area (Å²) in [6, 6.07) is 6.30. The number of fused-ring (bicyclic) bond motifs is 1. The first-order valence-electron chi connectivity index (χ1n) is 5.93. The zero-order valence-corrected chi connectivity index (χ0v) is 12.3. The first-order valence-corrected chi connectivity index (χ1v) is 7.64. The van der Waals surface area contributed by atoms with Crippen LogP contribution >= 0.6 is 0 Å². The van der Waals surface area contributed by atoms with Gasteiger partial charge in [0, 0.05) is 0 Å². The molecule has 1 heterocycles. The fourth-order valence-electron chi connectivity index (χ4n) is 1.92. The first kappa shape index (κ1) is 12.5. The molecule has 3 nitrogen and oxygen atoms in total. The van der Waals surface area contributed by atoms with Crippen molar-refractivity contribution in [3.05, 3.63) is 23.8 Å². The Bertz CT molecular complexity index is 427. The van der Waals surface area contributed by atoms with Crippen molar-refractivity contribution in [2.75, 3.05) is 20.2 Å². The molecule has 0 fully saturated rings. The second-order valence-electron chi connectivity index (χ2n) is 3.81. The summed E-state index contributed by atoms with van der Waals surface area (Å²) in [7, 11) is 1.73. The van der Waals surface area contributed by atoms with E-state index in [0.29, 0.717) is 15.0 Å².